The number of carbonyl (C=O) groups is 2. The standard InChI is InChI=1S/C22H22F3N5O2S/c1-13-6-4-7-15(10-13)20(32)26-14(2)19-28-29-21(30(19)3)33-12-18(31)27-17-9-5-8-16(11-17)22(23,24)25/h4-11,14H,12H2,1-3H3,(H,26,32)(H,27,31)/t14-/m0/s1. The highest BCUT2D eigenvalue weighted by molar-refractivity contribution is 7.99. The van der Waals surface area contributed by atoms with Gasteiger partial charge in [-0.3, -0.25) is 9.59 Å². The zero-order chi connectivity index (χ0) is 24.2. The summed E-state index contributed by atoms with van der Waals surface area (Å²) in [4.78, 5) is 24.7. The monoisotopic (exact) mass is 477 g/mol. The summed E-state index contributed by atoms with van der Waals surface area (Å²) in [5, 5.41) is 13.9. The Hall–Kier alpha value is -3.34. The lowest BCUT2D eigenvalue weighted by Gasteiger charge is -2.14. The molecule has 1 atom stereocenters. The van der Waals surface area contributed by atoms with Gasteiger partial charge in [0, 0.05) is 18.3 Å². The Morgan fingerprint density at radius 1 is 1.12 bits per heavy atom. The maximum absolute atomic E-state index is 12.8. The fraction of sp³-hybridized carbons (Fsp3) is 0.273. The van der Waals surface area contributed by atoms with E-state index in [1.165, 1.54) is 12.1 Å². The molecule has 1 heterocycles. The zero-order valence-corrected chi connectivity index (χ0v) is 18.9. The highest BCUT2D eigenvalue weighted by atomic mass is 32.2. The van der Waals surface area contributed by atoms with E-state index in [1.54, 1.807) is 36.7 Å². The minimum atomic E-state index is -4.49. The minimum Gasteiger partial charge on any atom is -0.342 e. The van der Waals surface area contributed by atoms with Gasteiger partial charge in [0.1, 0.15) is 0 Å². The minimum absolute atomic E-state index is 0.0570. The Labute approximate surface area is 192 Å². The number of aryl methyl sites for hydroxylation is 1. The number of nitrogens with zero attached hydrogens (tertiary/aromatic N) is 3. The molecule has 0 bridgehead atoms. The van der Waals surface area contributed by atoms with E-state index in [-0.39, 0.29) is 17.3 Å². The third-order valence-corrected chi connectivity index (χ3v) is 5.71. The molecule has 0 aliphatic rings. The number of benzene rings is 2. The normalized spacial score (nSPS) is 12.3. The van der Waals surface area contributed by atoms with E-state index in [0.29, 0.717) is 16.5 Å². The molecule has 174 valence electrons. The van der Waals surface area contributed by atoms with Crippen LogP contribution >= 0.6 is 11.8 Å². The summed E-state index contributed by atoms with van der Waals surface area (Å²) in [5.74, 6) is -0.308. The number of nitrogens with one attached hydrogen (secondary N) is 2. The summed E-state index contributed by atoms with van der Waals surface area (Å²) >= 11 is 1.08. The van der Waals surface area contributed by atoms with Gasteiger partial charge in [0.25, 0.3) is 5.91 Å². The largest absolute Gasteiger partial charge is 0.416 e. The van der Waals surface area contributed by atoms with Crippen LogP contribution in [0.4, 0.5) is 18.9 Å². The fourth-order valence-corrected chi connectivity index (χ4v) is 3.78. The number of amides is 2. The molecule has 0 saturated carbocycles. The Kier molecular flexibility index (Phi) is 7.42. The number of anilines is 1. The second-order valence-corrected chi connectivity index (χ2v) is 8.32. The van der Waals surface area contributed by atoms with E-state index in [0.717, 1.165) is 29.5 Å². The number of aromatic nitrogens is 3. The Morgan fingerprint density at radius 2 is 1.85 bits per heavy atom. The SMILES string of the molecule is Cc1cccc(C(=O)N[C@@H](C)c2nnc(SCC(=O)Nc3cccc(C(F)(F)F)c3)n2C)c1. The molecule has 1 aromatic heterocycles. The van der Waals surface area contributed by atoms with Gasteiger partial charge in [-0.1, -0.05) is 35.5 Å². The molecular weight excluding hydrogens is 455 g/mol. The number of halogens is 3. The first-order valence-corrected chi connectivity index (χ1v) is 10.9. The average molecular weight is 478 g/mol. The van der Waals surface area contributed by atoms with Gasteiger partial charge in [-0.2, -0.15) is 13.2 Å². The Bertz CT molecular complexity index is 1160. The van der Waals surface area contributed by atoms with Crippen molar-refractivity contribution in [1.29, 1.82) is 0 Å². The number of alkyl halides is 3. The van der Waals surface area contributed by atoms with Gasteiger partial charge in [-0.05, 0) is 44.2 Å². The van der Waals surface area contributed by atoms with Crippen molar-refractivity contribution >= 4 is 29.3 Å². The number of hydrogen-bond acceptors (Lipinski definition) is 5. The molecule has 33 heavy (non-hydrogen) atoms. The highest BCUT2D eigenvalue weighted by Crippen LogP contribution is 2.30. The van der Waals surface area contributed by atoms with Crippen LogP contribution in [0.3, 0.4) is 0 Å². The van der Waals surface area contributed by atoms with Crippen molar-refractivity contribution in [3.8, 4) is 0 Å². The molecule has 2 aromatic carbocycles. The summed E-state index contributed by atoms with van der Waals surface area (Å²) in [6.45, 7) is 3.67. The molecule has 0 aliphatic heterocycles. The van der Waals surface area contributed by atoms with Gasteiger partial charge < -0.3 is 15.2 Å². The first-order chi connectivity index (χ1) is 15.5. The lowest BCUT2D eigenvalue weighted by molar-refractivity contribution is -0.137. The van der Waals surface area contributed by atoms with E-state index in [4.69, 9.17) is 0 Å². The van der Waals surface area contributed by atoms with Gasteiger partial charge in [0.05, 0.1) is 17.4 Å². The third-order valence-electron chi connectivity index (χ3n) is 4.69. The van der Waals surface area contributed by atoms with Gasteiger partial charge >= 0.3 is 6.18 Å². The van der Waals surface area contributed by atoms with Gasteiger partial charge in [0.15, 0.2) is 11.0 Å². The second-order valence-electron chi connectivity index (χ2n) is 7.38. The van der Waals surface area contributed by atoms with E-state index >= 15 is 0 Å². The van der Waals surface area contributed by atoms with Crippen LogP contribution in [0.25, 0.3) is 0 Å². The van der Waals surface area contributed by atoms with Crippen molar-refractivity contribution in [2.24, 2.45) is 7.05 Å². The molecule has 2 N–H and O–H groups in total. The molecule has 0 fully saturated rings. The van der Waals surface area contributed by atoms with Gasteiger partial charge in [0.2, 0.25) is 5.91 Å². The van der Waals surface area contributed by atoms with Crippen molar-refractivity contribution in [2.75, 3.05) is 11.1 Å². The van der Waals surface area contributed by atoms with E-state index < -0.39 is 23.7 Å². The summed E-state index contributed by atoms with van der Waals surface area (Å²) in [7, 11) is 1.71. The first-order valence-electron chi connectivity index (χ1n) is 9.91. The lowest BCUT2D eigenvalue weighted by Crippen LogP contribution is -2.28. The van der Waals surface area contributed by atoms with Crippen molar-refractivity contribution < 1.29 is 22.8 Å². The Balaban J connectivity index is 1.58. The first kappa shape index (κ1) is 24.3. The molecular formula is C22H22F3N5O2S. The van der Waals surface area contributed by atoms with E-state index in [2.05, 4.69) is 20.8 Å². The maximum Gasteiger partial charge on any atom is 0.416 e. The molecule has 0 aliphatic carbocycles. The maximum atomic E-state index is 12.8. The summed E-state index contributed by atoms with van der Waals surface area (Å²) in [6, 6.07) is 11.2. The number of hydrogen-bond donors (Lipinski definition) is 2. The van der Waals surface area contributed by atoms with Crippen LogP contribution in [0, 0.1) is 6.92 Å². The van der Waals surface area contributed by atoms with Crippen LogP contribution in [0.2, 0.25) is 0 Å². The van der Waals surface area contributed by atoms with Crippen LogP contribution in [-0.2, 0) is 18.0 Å². The number of thioether (sulfide) groups is 1. The molecule has 0 unspecified atom stereocenters. The molecule has 0 radical (unpaired) electrons. The number of rotatable bonds is 7. The van der Waals surface area contributed by atoms with Crippen molar-refractivity contribution in [3.05, 3.63) is 71.0 Å². The van der Waals surface area contributed by atoms with E-state index in [9.17, 15) is 22.8 Å². The average Bonchev–Trinajstić information content (AvgIpc) is 3.12. The topological polar surface area (TPSA) is 88.9 Å². The highest BCUT2D eigenvalue weighted by Gasteiger charge is 2.30. The van der Waals surface area contributed by atoms with Crippen molar-refractivity contribution in [3.63, 3.8) is 0 Å². The fourth-order valence-electron chi connectivity index (χ4n) is 3.06. The predicted molar refractivity (Wildman–Crippen MR) is 119 cm³/mol. The quantitative estimate of drug-likeness (QED) is 0.494. The van der Waals surface area contributed by atoms with Crippen molar-refractivity contribution in [1.82, 2.24) is 20.1 Å². The molecule has 11 heteroatoms. The number of carbonyl (C=O) groups excluding carboxylic acids is 2. The second kappa shape index (κ2) is 10.1. The molecule has 0 saturated heterocycles. The van der Waals surface area contributed by atoms with Gasteiger partial charge in [-0.15, -0.1) is 10.2 Å². The smallest absolute Gasteiger partial charge is 0.342 e. The van der Waals surface area contributed by atoms with Crippen LogP contribution in [0.15, 0.2) is 53.7 Å². The van der Waals surface area contributed by atoms with Crippen LogP contribution in [-0.4, -0.2) is 32.3 Å². The van der Waals surface area contributed by atoms with Gasteiger partial charge in [-0.25, -0.2) is 0 Å². The summed E-state index contributed by atoms with van der Waals surface area (Å²) in [6.07, 6.45) is -4.49. The zero-order valence-electron chi connectivity index (χ0n) is 18.1. The van der Waals surface area contributed by atoms with Crippen LogP contribution in [0.5, 0.6) is 0 Å². The lowest BCUT2D eigenvalue weighted by atomic mass is 10.1. The Morgan fingerprint density at radius 3 is 2.55 bits per heavy atom. The van der Waals surface area contributed by atoms with Crippen LogP contribution < -0.4 is 10.6 Å². The molecule has 0 spiro atoms. The predicted octanol–water partition coefficient (Wildman–Crippen LogP) is 4.36. The summed E-state index contributed by atoms with van der Waals surface area (Å²) < 4.78 is 40.1. The molecule has 3 aromatic rings. The molecule has 3 rings (SSSR count). The third kappa shape index (κ3) is 6.35. The molecule has 2 amide bonds. The molecule has 7 nitrogen and oxygen atoms in total. The van der Waals surface area contributed by atoms with Crippen molar-refractivity contribution in [2.45, 2.75) is 31.2 Å². The summed E-state index contributed by atoms with van der Waals surface area (Å²) in [5.41, 5.74) is 0.718. The van der Waals surface area contributed by atoms with E-state index in [1.807, 2.05) is 13.0 Å². The van der Waals surface area contributed by atoms with Crippen LogP contribution in [0.1, 0.15) is 40.3 Å².